The van der Waals surface area contributed by atoms with Gasteiger partial charge < -0.3 is 64.2 Å². The van der Waals surface area contributed by atoms with E-state index in [1.165, 1.54) is 96.3 Å². The summed E-state index contributed by atoms with van der Waals surface area (Å²) in [5, 5.41) is 72.1. The lowest BCUT2D eigenvalue weighted by molar-refractivity contribution is -0.332. The molecule has 0 aromatic rings. The molecule has 15 nitrogen and oxygen atoms in total. The molecule has 68 heavy (non-hydrogen) atoms. The van der Waals surface area contributed by atoms with Gasteiger partial charge in [0.25, 0.3) is 0 Å². The Morgan fingerprint density at radius 2 is 0.926 bits per heavy atom. The van der Waals surface area contributed by atoms with E-state index in [1.807, 2.05) is 0 Å². The van der Waals surface area contributed by atoms with Crippen LogP contribution in [0.15, 0.2) is 30.0 Å². The van der Waals surface area contributed by atoms with Crippen LogP contribution in [0.25, 0.3) is 0 Å². The lowest BCUT2D eigenvalue weighted by Gasteiger charge is -2.42. The van der Waals surface area contributed by atoms with E-state index in [1.54, 1.807) is 0 Å². The second kappa shape index (κ2) is 40.4. The van der Waals surface area contributed by atoms with Crippen LogP contribution in [-0.2, 0) is 38.0 Å². The summed E-state index contributed by atoms with van der Waals surface area (Å²) >= 11 is 0. The zero-order chi connectivity index (χ0) is 49.6. The Hall–Kier alpha value is -2.24. The van der Waals surface area contributed by atoms with Gasteiger partial charge in [0.05, 0.1) is 19.8 Å². The van der Waals surface area contributed by atoms with E-state index in [0.29, 0.717) is 12.8 Å². The molecule has 0 radical (unpaired) electrons. The highest BCUT2D eigenvalue weighted by atomic mass is 16.7. The van der Waals surface area contributed by atoms with Crippen LogP contribution in [0.2, 0.25) is 0 Å². The average Bonchev–Trinajstić information content (AvgIpc) is 3.33. The minimum atomic E-state index is -1.77. The number of hydrogen-bond donors (Lipinski definition) is 7. The van der Waals surface area contributed by atoms with Crippen LogP contribution in [0.5, 0.6) is 0 Å². The lowest BCUT2D eigenvalue weighted by Crippen LogP contribution is -2.61. The summed E-state index contributed by atoms with van der Waals surface area (Å²) in [5.41, 5.74) is 3.29. The van der Waals surface area contributed by atoms with Crippen molar-refractivity contribution in [3.63, 3.8) is 0 Å². The first kappa shape index (κ1) is 61.9. The molecule has 2 saturated heterocycles. The number of unbranched alkanes of at least 4 members (excludes halogenated alkanes) is 23. The van der Waals surface area contributed by atoms with Crippen molar-refractivity contribution in [2.45, 2.75) is 268 Å². The van der Waals surface area contributed by atoms with Gasteiger partial charge >= 0.3 is 11.9 Å². The number of hydrogen-bond acceptors (Lipinski definition) is 15. The van der Waals surface area contributed by atoms with Crippen molar-refractivity contribution < 1.29 is 73.8 Å². The Bertz CT molecular complexity index is 1340. The molecular formula is C53H94O15. The van der Waals surface area contributed by atoms with Gasteiger partial charge in [0.2, 0.25) is 0 Å². The van der Waals surface area contributed by atoms with Crippen LogP contribution in [0, 0.1) is 0 Å². The van der Waals surface area contributed by atoms with Crippen LogP contribution >= 0.6 is 0 Å². The first-order chi connectivity index (χ1) is 33.0. The molecule has 0 spiro atoms. The van der Waals surface area contributed by atoms with E-state index in [9.17, 15) is 45.3 Å². The van der Waals surface area contributed by atoms with E-state index < -0.39 is 92.7 Å². The van der Waals surface area contributed by atoms with Crippen LogP contribution in [0.3, 0.4) is 0 Å². The fraction of sp³-hybridized carbons (Fsp3) is 0.868. The molecule has 0 aromatic heterocycles. The topological polar surface area (TPSA) is 231 Å². The quantitative estimate of drug-likeness (QED) is 0.0135. The number of aliphatic hydroxyl groups is 7. The van der Waals surface area contributed by atoms with Crippen molar-refractivity contribution in [2.75, 3.05) is 26.4 Å². The third-order valence-corrected chi connectivity index (χ3v) is 12.7. The summed E-state index contributed by atoms with van der Waals surface area (Å²) in [5.74, 6) is -0.947. The molecule has 2 aliphatic heterocycles. The molecule has 4 unspecified atom stereocenters. The number of carbonyl (C=O) groups is 2. The lowest BCUT2D eigenvalue weighted by atomic mass is 9.98. The van der Waals surface area contributed by atoms with E-state index >= 15 is 0 Å². The highest BCUT2D eigenvalue weighted by molar-refractivity contribution is 5.70. The largest absolute Gasteiger partial charge is 0.462 e. The maximum absolute atomic E-state index is 13.0. The predicted octanol–water partition coefficient (Wildman–Crippen LogP) is 7.70. The van der Waals surface area contributed by atoms with E-state index in [2.05, 4.69) is 43.9 Å². The minimum absolute atomic E-state index is 0.145. The van der Waals surface area contributed by atoms with Gasteiger partial charge in [-0.15, -0.1) is 5.73 Å². The Kier molecular flexibility index (Phi) is 36.7. The van der Waals surface area contributed by atoms with Crippen molar-refractivity contribution in [3.8, 4) is 0 Å². The number of allylic oxidation sites excluding steroid dienone is 3. The Morgan fingerprint density at radius 3 is 1.44 bits per heavy atom. The molecule has 0 amide bonds. The third kappa shape index (κ3) is 28.0. The highest BCUT2D eigenvalue weighted by Crippen LogP contribution is 2.26. The molecule has 396 valence electrons. The molecule has 2 fully saturated rings. The third-order valence-electron chi connectivity index (χ3n) is 12.7. The summed E-state index contributed by atoms with van der Waals surface area (Å²) in [6.07, 6.45) is 22.6. The molecule has 15 heteroatoms. The summed E-state index contributed by atoms with van der Waals surface area (Å²) < 4.78 is 33.6. The van der Waals surface area contributed by atoms with Crippen molar-refractivity contribution in [3.05, 3.63) is 30.0 Å². The SMILES string of the molecule is CCCCCCCC=C=CCCCCCCCC(=O)O[C@@H](COC(=O)CCCCCCCCC/C=C/CCCCCCCC)CO[C@@H]1O[C@H](CO[C@@H]2O[C@H](CO)[C@H](O)C(O)C2O)[C@H](O)C(O)C1O. The van der Waals surface area contributed by atoms with Crippen molar-refractivity contribution in [1.29, 1.82) is 0 Å². The van der Waals surface area contributed by atoms with Gasteiger partial charge in [-0.05, 0) is 76.4 Å². The smallest absolute Gasteiger partial charge is 0.306 e. The standard InChI is InChI=1S/C53H94O15/c1-3-5-7-9-11-13-15-17-19-20-22-23-25-27-29-31-33-35-44(55)63-38-41(66-45(56)36-34-32-30-28-26-24-21-18-16-14-12-10-8-6-4-2)39-64-52-51(62)49(60)47(58)43(68-52)40-65-53-50(61)48(59)46(57)42(37-54)67-53/h16-17,19,21,41-43,46-54,57-62H,3-15,20,22-40H2,1-2H3/b19-17+/t18?,41-,42+,43+,46-,47-,48?,49?,50?,51?,52+,53+/m0/s1. The van der Waals surface area contributed by atoms with Crippen LogP contribution in [-0.4, -0.2) is 142 Å². The molecule has 2 heterocycles. The first-order valence-corrected chi connectivity index (χ1v) is 26.7. The van der Waals surface area contributed by atoms with Gasteiger partial charge in [0.15, 0.2) is 18.7 Å². The molecule has 0 saturated carbocycles. The van der Waals surface area contributed by atoms with Crippen LogP contribution in [0.1, 0.15) is 200 Å². The van der Waals surface area contributed by atoms with Gasteiger partial charge in [0, 0.05) is 12.8 Å². The van der Waals surface area contributed by atoms with Crippen LogP contribution in [0.4, 0.5) is 0 Å². The zero-order valence-electron chi connectivity index (χ0n) is 41.9. The maximum atomic E-state index is 13.0. The summed E-state index contributed by atoms with van der Waals surface area (Å²) in [6, 6.07) is 0. The van der Waals surface area contributed by atoms with Crippen LogP contribution < -0.4 is 0 Å². The van der Waals surface area contributed by atoms with E-state index in [4.69, 9.17) is 28.4 Å². The van der Waals surface area contributed by atoms with Gasteiger partial charge in [0.1, 0.15) is 55.4 Å². The summed E-state index contributed by atoms with van der Waals surface area (Å²) in [4.78, 5) is 25.8. The molecule has 11 atom stereocenters. The molecule has 0 aromatic carbocycles. The minimum Gasteiger partial charge on any atom is -0.462 e. The van der Waals surface area contributed by atoms with E-state index in [-0.39, 0.29) is 26.1 Å². The van der Waals surface area contributed by atoms with Crippen molar-refractivity contribution >= 4 is 11.9 Å². The molecule has 0 aliphatic carbocycles. The normalized spacial score (nSPS) is 25.5. The number of esters is 2. The number of rotatable bonds is 41. The van der Waals surface area contributed by atoms with Gasteiger partial charge in [-0.2, -0.15) is 0 Å². The monoisotopic (exact) mass is 971 g/mol. The fourth-order valence-electron chi connectivity index (χ4n) is 8.25. The number of ether oxygens (including phenoxy) is 6. The maximum Gasteiger partial charge on any atom is 0.306 e. The Balaban J connectivity index is 1.81. The second-order valence-electron chi connectivity index (χ2n) is 18.8. The Labute approximate surface area is 408 Å². The van der Waals surface area contributed by atoms with E-state index in [0.717, 1.165) is 64.2 Å². The van der Waals surface area contributed by atoms with Gasteiger partial charge in [-0.3, -0.25) is 9.59 Å². The molecule has 2 rings (SSSR count). The molecule has 7 N–H and O–H groups in total. The van der Waals surface area contributed by atoms with Gasteiger partial charge in [-0.1, -0.05) is 135 Å². The average molecular weight is 971 g/mol. The molecular weight excluding hydrogens is 877 g/mol. The molecule has 2 aliphatic rings. The van der Waals surface area contributed by atoms with Gasteiger partial charge in [-0.25, -0.2) is 0 Å². The van der Waals surface area contributed by atoms with Crippen molar-refractivity contribution in [1.82, 2.24) is 0 Å². The first-order valence-electron chi connectivity index (χ1n) is 26.7. The summed E-state index contributed by atoms with van der Waals surface area (Å²) in [7, 11) is 0. The zero-order valence-corrected chi connectivity index (χ0v) is 41.9. The fourth-order valence-corrected chi connectivity index (χ4v) is 8.25. The highest BCUT2D eigenvalue weighted by Gasteiger charge is 2.47. The number of aliphatic hydroxyl groups excluding tert-OH is 7. The second-order valence-corrected chi connectivity index (χ2v) is 18.8. The van der Waals surface area contributed by atoms with Crippen molar-refractivity contribution in [2.24, 2.45) is 0 Å². The number of carbonyl (C=O) groups excluding carboxylic acids is 2. The summed E-state index contributed by atoms with van der Waals surface area (Å²) in [6.45, 7) is 2.55. The molecule has 0 bridgehead atoms. The predicted molar refractivity (Wildman–Crippen MR) is 260 cm³/mol. The Morgan fingerprint density at radius 1 is 0.500 bits per heavy atom.